The number of methoxy groups -OCH3 is 2. The van der Waals surface area contributed by atoms with Crippen LogP contribution in [-0.4, -0.2) is 74.7 Å². The van der Waals surface area contributed by atoms with E-state index in [1.165, 1.54) is 14.2 Å². The minimum absolute atomic E-state index is 0.292. The van der Waals surface area contributed by atoms with Crippen LogP contribution in [0.1, 0.15) is 13.3 Å². The van der Waals surface area contributed by atoms with Crippen LogP contribution in [0.5, 0.6) is 11.5 Å². The number of nitrogens with zero attached hydrogens (tertiary/aromatic N) is 2. The molecular formula is C18H25N3O6. The Bertz CT molecular complexity index is 686. The van der Waals surface area contributed by atoms with Crippen molar-refractivity contribution in [1.29, 1.82) is 0 Å². The number of carbonyl (C=O) groups is 3. The highest BCUT2D eigenvalue weighted by atomic mass is 16.6. The average Bonchev–Trinajstić information content (AvgIpc) is 2.68. The SMILES string of the molecule is CCOC(=O)N1CCN(C(=O)CC(=O)Nc2cc(OC)ccc2OC)CC1. The molecule has 1 aliphatic rings. The van der Waals surface area contributed by atoms with Gasteiger partial charge in [0.1, 0.15) is 17.9 Å². The van der Waals surface area contributed by atoms with Crippen LogP contribution in [0.4, 0.5) is 10.5 Å². The maximum absolute atomic E-state index is 12.4. The van der Waals surface area contributed by atoms with Crippen molar-refractivity contribution in [1.82, 2.24) is 9.80 Å². The van der Waals surface area contributed by atoms with Crippen molar-refractivity contribution < 1.29 is 28.6 Å². The van der Waals surface area contributed by atoms with Crippen molar-refractivity contribution in [2.45, 2.75) is 13.3 Å². The van der Waals surface area contributed by atoms with E-state index in [0.717, 1.165) is 0 Å². The normalized spacial score (nSPS) is 13.7. The Morgan fingerprint density at radius 3 is 2.30 bits per heavy atom. The monoisotopic (exact) mass is 379 g/mol. The van der Waals surface area contributed by atoms with E-state index < -0.39 is 5.91 Å². The number of hydrogen-bond donors (Lipinski definition) is 1. The highest BCUT2D eigenvalue weighted by molar-refractivity contribution is 6.04. The lowest BCUT2D eigenvalue weighted by molar-refractivity contribution is -0.135. The summed E-state index contributed by atoms with van der Waals surface area (Å²) in [4.78, 5) is 39.4. The van der Waals surface area contributed by atoms with E-state index in [4.69, 9.17) is 14.2 Å². The number of anilines is 1. The van der Waals surface area contributed by atoms with Gasteiger partial charge in [-0.2, -0.15) is 0 Å². The molecule has 0 aliphatic carbocycles. The Hall–Kier alpha value is -2.97. The molecule has 9 heteroatoms. The number of rotatable bonds is 6. The fraction of sp³-hybridized carbons (Fsp3) is 0.500. The highest BCUT2D eigenvalue weighted by Crippen LogP contribution is 2.29. The smallest absolute Gasteiger partial charge is 0.409 e. The summed E-state index contributed by atoms with van der Waals surface area (Å²) in [5.74, 6) is 0.296. The van der Waals surface area contributed by atoms with Gasteiger partial charge in [-0.25, -0.2) is 4.79 Å². The van der Waals surface area contributed by atoms with Crippen LogP contribution in [0, 0.1) is 0 Å². The Balaban J connectivity index is 1.88. The van der Waals surface area contributed by atoms with Gasteiger partial charge in [0.05, 0.1) is 26.5 Å². The van der Waals surface area contributed by atoms with Crippen molar-refractivity contribution in [3.8, 4) is 11.5 Å². The van der Waals surface area contributed by atoms with Crippen LogP contribution in [-0.2, 0) is 14.3 Å². The first kappa shape index (κ1) is 20.3. The maximum Gasteiger partial charge on any atom is 0.409 e. The number of carbonyl (C=O) groups excluding carboxylic acids is 3. The van der Waals surface area contributed by atoms with E-state index in [9.17, 15) is 14.4 Å². The zero-order chi connectivity index (χ0) is 19.8. The van der Waals surface area contributed by atoms with Gasteiger partial charge >= 0.3 is 6.09 Å². The van der Waals surface area contributed by atoms with Gasteiger partial charge in [-0.1, -0.05) is 0 Å². The standard InChI is InChI=1S/C18H25N3O6/c1-4-27-18(24)21-9-7-20(8-10-21)17(23)12-16(22)19-14-11-13(25-2)5-6-15(14)26-3/h5-6,11H,4,7-10,12H2,1-3H3,(H,19,22). The minimum Gasteiger partial charge on any atom is -0.497 e. The zero-order valence-corrected chi connectivity index (χ0v) is 15.8. The first-order valence-electron chi connectivity index (χ1n) is 8.69. The molecule has 1 fully saturated rings. The quantitative estimate of drug-likeness (QED) is 0.749. The predicted octanol–water partition coefficient (Wildman–Crippen LogP) is 1.33. The summed E-state index contributed by atoms with van der Waals surface area (Å²) in [7, 11) is 3.01. The maximum atomic E-state index is 12.4. The van der Waals surface area contributed by atoms with E-state index in [0.29, 0.717) is 50.0 Å². The number of nitrogens with one attached hydrogen (secondary N) is 1. The molecule has 0 aromatic heterocycles. The largest absolute Gasteiger partial charge is 0.497 e. The molecule has 0 spiro atoms. The van der Waals surface area contributed by atoms with Gasteiger partial charge < -0.3 is 29.3 Å². The Morgan fingerprint density at radius 2 is 1.70 bits per heavy atom. The van der Waals surface area contributed by atoms with Gasteiger partial charge in [0.15, 0.2) is 0 Å². The van der Waals surface area contributed by atoms with Gasteiger partial charge in [-0.05, 0) is 19.1 Å². The summed E-state index contributed by atoms with van der Waals surface area (Å²) >= 11 is 0. The fourth-order valence-electron chi connectivity index (χ4n) is 2.71. The molecule has 1 heterocycles. The van der Waals surface area contributed by atoms with Gasteiger partial charge in [-0.15, -0.1) is 0 Å². The number of hydrogen-bond acceptors (Lipinski definition) is 6. The number of benzene rings is 1. The summed E-state index contributed by atoms with van der Waals surface area (Å²) in [6.07, 6.45) is -0.674. The fourth-order valence-corrected chi connectivity index (χ4v) is 2.71. The predicted molar refractivity (Wildman–Crippen MR) is 98.0 cm³/mol. The zero-order valence-electron chi connectivity index (χ0n) is 15.8. The molecule has 1 aromatic carbocycles. The second-order valence-electron chi connectivity index (χ2n) is 5.86. The van der Waals surface area contributed by atoms with Gasteiger partial charge in [-0.3, -0.25) is 9.59 Å². The lowest BCUT2D eigenvalue weighted by Crippen LogP contribution is -2.51. The summed E-state index contributed by atoms with van der Waals surface area (Å²) in [6.45, 7) is 3.56. The minimum atomic E-state index is -0.445. The molecule has 2 rings (SSSR count). The third kappa shape index (κ3) is 5.50. The summed E-state index contributed by atoms with van der Waals surface area (Å²) in [6, 6.07) is 5.01. The topological polar surface area (TPSA) is 97.4 Å². The molecule has 0 bridgehead atoms. The van der Waals surface area contributed by atoms with Crippen LogP contribution < -0.4 is 14.8 Å². The highest BCUT2D eigenvalue weighted by Gasteiger charge is 2.26. The number of amides is 3. The van der Waals surface area contributed by atoms with Crippen molar-refractivity contribution in [3.05, 3.63) is 18.2 Å². The lowest BCUT2D eigenvalue weighted by Gasteiger charge is -2.34. The van der Waals surface area contributed by atoms with E-state index >= 15 is 0 Å². The van der Waals surface area contributed by atoms with Gasteiger partial charge in [0, 0.05) is 32.2 Å². The van der Waals surface area contributed by atoms with Crippen molar-refractivity contribution >= 4 is 23.6 Å². The van der Waals surface area contributed by atoms with Crippen molar-refractivity contribution in [3.63, 3.8) is 0 Å². The summed E-state index contributed by atoms with van der Waals surface area (Å²) in [5.41, 5.74) is 0.432. The van der Waals surface area contributed by atoms with Crippen LogP contribution in [0.2, 0.25) is 0 Å². The van der Waals surface area contributed by atoms with E-state index in [2.05, 4.69) is 5.32 Å². The average molecular weight is 379 g/mol. The lowest BCUT2D eigenvalue weighted by atomic mass is 10.2. The molecule has 0 radical (unpaired) electrons. The molecule has 1 aliphatic heterocycles. The molecule has 9 nitrogen and oxygen atoms in total. The molecule has 0 atom stereocenters. The Labute approximate surface area is 158 Å². The molecule has 0 unspecified atom stereocenters. The molecule has 1 N–H and O–H groups in total. The third-order valence-electron chi connectivity index (χ3n) is 4.15. The number of piperazine rings is 1. The van der Waals surface area contributed by atoms with Crippen molar-refractivity contribution in [2.24, 2.45) is 0 Å². The summed E-state index contributed by atoms with van der Waals surface area (Å²) in [5, 5.41) is 2.67. The van der Waals surface area contributed by atoms with Crippen LogP contribution in [0.15, 0.2) is 18.2 Å². The van der Waals surface area contributed by atoms with Crippen LogP contribution in [0.3, 0.4) is 0 Å². The molecule has 1 aromatic rings. The first-order chi connectivity index (χ1) is 13.0. The van der Waals surface area contributed by atoms with Crippen molar-refractivity contribution in [2.75, 3.05) is 52.3 Å². The van der Waals surface area contributed by atoms with E-state index in [-0.39, 0.29) is 18.4 Å². The number of ether oxygens (including phenoxy) is 3. The molecular weight excluding hydrogens is 354 g/mol. The van der Waals surface area contributed by atoms with E-state index in [1.807, 2.05) is 0 Å². The molecule has 27 heavy (non-hydrogen) atoms. The van der Waals surface area contributed by atoms with Gasteiger partial charge in [0.25, 0.3) is 0 Å². The first-order valence-corrected chi connectivity index (χ1v) is 8.69. The van der Waals surface area contributed by atoms with Gasteiger partial charge in [0.2, 0.25) is 11.8 Å². The molecule has 3 amide bonds. The Kier molecular flexibility index (Phi) is 7.27. The second-order valence-corrected chi connectivity index (χ2v) is 5.86. The molecule has 0 saturated carbocycles. The molecule has 148 valence electrons. The summed E-state index contributed by atoms with van der Waals surface area (Å²) < 4.78 is 15.3. The second kappa shape index (κ2) is 9.65. The van der Waals surface area contributed by atoms with Crippen LogP contribution >= 0.6 is 0 Å². The van der Waals surface area contributed by atoms with Crippen LogP contribution in [0.25, 0.3) is 0 Å². The Morgan fingerprint density at radius 1 is 1.04 bits per heavy atom. The molecule has 1 saturated heterocycles. The van der Waals surface area contributed by atoms with E-state index in [1.54, 1.807) is 34.9 Å². The third-order valence-corrected chi connectivity index (χ3v) is 4.15.